The first kappa shape index (κ1) is 15.9. The molecule has 0 fully saturated rings. The molecule has 1 aromatic rings. The number of hydrogen-bond acceptors (Lipinski definition) is 2. The number of nitrogens with one attached hydrogen (secondary N) is 1. The van der Waals surface area contributed by atoms with Gasteiger partial charge in [0.05, 0.1) is 11.6 Å². The second-order valence-corrected chi connectivity index (χ2v) is 4.93. The molecule has 0 saturated heterocycles. The fraction of sp³-hybridized carbons (Fsp3) is 0.500. The molecule has 1 rings (SSSR count). The highest BCUT2D eigenvalue weighted by Gasteiger charge is 2.08. The molecule has 0 aliphatic heterocycles. The Morgan fingerprint density at radius 3 is 2.89 bits per heavy atom. The van der Waals surface area contributed by atoms with Crippen LogP contribution in [0.1, 0.15) is 44.7 Å². The maximum absolute atomic E-state index is 6.23. The van der Waals surface area contributed by atoms with Crippen LogP contribution in [0, 0.1) is 12.3 Å². The highest BCUT2D eigenvalue weighted by molar-refractivity contribution is 6.32. The van der Waals surface area contributed by atoms with Crippen molar-refractivity contribution < 1.29 is 4.74 Å². The molecule has 0 amide bonds. The number of unbranched alkanes of at least 4 members (excludes halogenated alkanes) is 1. The summed E-state index contributed by atoms with van der Waals surface area (Å²) in [5.41, 5.74) is 1.18. The quantitative estimate of drug-likeness (QED) is 0.569. The summed E-state index contributed by atoms with van der Waals surface area (Å²) in [5, 5.41) is 4.09. The Kier molecular flexibility index (Phi) is 7.40. The van der Waals surface area contributed by atoms with E-state index in [2.05, 4.69) is 31.2 Å². The van der Waals surface area contributed by atoms with Gasteiger partial charge in [0.25, 0.3) is 0 Å². The molecule has 2 nitrogen and oxygen atoms in total. The number of benzene rings is 1. The SMILES string of the molecule is C#CCCCOc1ccc(C(C)NCCC)cc1Cl. The molecule has 1 atom stereocenters. The summed E-state index contributed by atoms with van der Waals surface area (Å²) in [4.78, 5) is 0. The normalized spacial score (nSPS) is 11.9. The first-order valence-corrected chi connectivity index (χ1v) is 7.16. The third-order valence-electron chi connectivity index (χ3n) is 2.88. The highest BCUT2D eigenvalue weighted by atomic mass is 35.5. The maximum atomic E-state index is 6.23. The van der Waals surface area contributed by atoms with Crippen molar-refractivity contribution in [3.8, 4) is 18.1 Å². The van der Waals surface area contributed by atoms with Gasteiger partial charge in [0, 0.05) is 12.5 Å². The van der Waals surface area contributed by atoms with E-state index in [1.807, 2.05) is 12.1 Å². The maximum Gasteiger partial charge on any atom is 0.137 e. The van der Waals surface area contributed by atoms with E-state index in [1.54, 1.807) is 0 Å². The number of ether oxygens (including phenoxy) is 1. The van der Waals surface area contributed by atoms with Crippen LogP contribution < -0.4 is 10.1 Å². The first-order valence-electron chi connectivity index (χ1n) is 6.78. The largest absolute Gasteiger partial charge is 0.492 e. The lowest BCUT2D eigenvalue weighted by Gasteiger charge is -2.15. The van der Waals surface area contributed by atoms with Crippen molar-refractivity contribution in [2.24, 2.45) is 0 Å². The van der Waals surface area contributed by atoms with Crippen molar-refractivity contribution in [3.05, 3.63) is 28.8 Å². The molecule has 1 aromatic carbocycles. The van der Waals surface area contributed by atoms with E-state index < -0.39 is 0 Å². The number of hydrogen-bond donors (Lipinski definition) is 1. The van der Waals surface area contributed by atoms with Gasteiger partial charge in [0.15, 0.2) is 0 Å². The van der Waals surface area contributed by atoms with Crippen molar-refractivity contribution >= 4 is 11.6 Å². The van der Waals surface area contributed by atoms with E-state index in [0.29, 0.717) is 17.7 Å². The third kappa shape index (κ3) is 5.55. The predicted octanol–water partition coefficient (Wildman–Crippen LogP) is 4.19. The zero-order chi connectivity index (χ0) is 14.1. The lowest BCUT2D eigenvalue weighted by atomic mass is 10.1. The molecule has 19 heavy (non-hydrogen) atoms. The standard InChI is InChI=1S/C16H22ClNO/c1-4-6-7-11-19-16-9-8-14(12-15(16)17)13(3)18-10-5-2/h1,8-9,12-13,18H,5-7,10-11H2,2-3H3. The van der Waals surface area contributed by atoms with E-state index in [4.69, 9.17) is 22.8 Å². The average molecular weight is 280 g/mol. The van der Waals surface area contributed by atoms with Crippen LogP contribution in [0.2, 0.25) is 5.02 Å². The fourth-order valence-corrected chi connectivity index (χ4v) is 1.98. The van der Waals surface area contributed by atoms with Gasteiger partial charge in [-0.3, -0.25) is 0 Å². The molecule has 0 heterocycles. The molecule has 0 bridgehead atoms. The van der Waals surface area contributed by atoms with E-state index in [0.717, 1.165) is 31.6 Å². The first-order chi connectivity index (χ1) is 9.19. The predicted molar refractivity (Wildman–Crippen MR) is 81.7 cm³/mol. The summed E-state index contributed by atoms with van der Waals surface area (Å²) in [6.07, 6.45) is 7.89. The van der Waals surface area contributed by atoms with Gasteiger partial charge in [-0.2, -0.15) is 0 Å². The van der Waals surface area contributed by atoms with Crippen molar-refractivity contribution in [1.29, 1.82) is 0 Å². The minimum Gasteiger partial charge on any atom is -0.492 e. The molecule has 0 aliphatic rings. The Labute approximate surface area is 121 Å². The van der Waals surface area contributed by atoms with Crippen molar-refractivity contribution in [1.82, 2.24) is 5.32 Å². The Morgan fingerprint density at radius 1 is 1.47 bits per heavy atom. The minimum atomic E-state index is 0.299. The van der Waals surface area contributed by atoms with E-state index in [-0.39, 0.29) is 0 Å². The van der Waals surface area contributed by atoms with E-state index in [1.165, 1.54) is 5.56 Å². The van der Waals surface area contributed by atoms with Crippen molar-refractivity contribution in [2.75, 3.05) is 13.2 Å². The average Bonchev–Trinajstić information content (AvgIpc) is 2.42. The fourth-order valence-electron chi connectivity index (χ4n) is 1.74. The molecule has 0 radical (unpaired) electrons. The lowest BCUT2D eigenvalue weighted by Crippen LogP contribution is -2.19. The van der Waals surface area contributed by atoms with Gasteiger partial charge < -0.3 is 10.1 Å². The van der Waals surface area contributed by atoms with E-state index in [9.17, 15) is 0 Å². The van der Waals surface area contributed by atoms with Crippen LogP contribution in [-0.4, -0.2) is 13.2 Å². The molecular weight excluding hydrogens is 258 g/mol. The van der Waals surface area contributed by atoms with Gasteiger partial charge >= 0.3 is 0 Å². The van der Waals surface area contributed by atoms with Crippen LogP contribution in [0.3, 0.4) is 0 Å². The summed E-state index contributed by atoms with van der Waals surface area (Å²) in [7, 11) is 0. The van der Waals surface area contributed by atoms with Gasteiger partial charge in [0.2, 0.25) is 0 Å². The lowest BCUT2D eigenvalue weighted by molar-refractivity contribution is 0.313. The molecule has 0 aromatic heterocycles. The van der Waals surface area contributed by atoms with Gasteiger partial charge in [-0.05, 0) is 44.0 Å². The minimum absolute atomic E-state index is 0.299. The molecule has 0 saturated carbocycles. The van der Waals surface area contributed by atoms with E-state index >= 15 is 0 Å². The summed E-state index contributed by atoms with van der Waals surface area (Å²) in [5.74, 6) is 3.32. The zero-order valence-corrected chi connectivity index (χ0v) is 12.5. The molecule has 3 heteroatoms. The topological polar surface area (TPSA) is 21.3 Å². The molecule has 0 spiro atoms. The smallest absolute Gasteiger partial charge is 0.137 e. The Hall–Kier alpha value is -1.17. The zero-order valence-electron chi connectivity index (χ0n) is 11.7. The van der Waals surface area contributed by atoms with Crippen LogP contribution in [-0.2, 0) is 0 Å². The second kappa shape index (κ2) is 8.85. The van der Waals surface area contributed by atoms with Crippen molar-refractivity contribution in [2.45, 2.75) is 39.2 Å². The van der Waals surface area contributed by atoms with Crippen LogP contribution in [0.25, 0.3) is 0 Å². The Morgan fingerprint density at radius 2 is 2.26 bits per heavy atom. The molecular formula is C16H22ClNO. The molecule has 1 N–H and O–H groups in total. The van der Waals surface area contributed by atoms with Crippen LogP contribution in [0.15, 0.2) is 18.2 Å². The van der Waals surface area contributed by atoms with Gasteiger partial charge in [-0.25, -0.2) is 0 Å². The van der Waals surface area contributed by atoms with Crippen molar-refractivity contribution in [3.63, 3.8) is 0 Å². The molecule has 1 unspecified atom stereocenters. The Balaban J connectivity index is 2.56. The van der Waals surface area contributed by atoms with Crippen LogP contribution in [0.5, 0.6) is 5.75 Å². The number of halogens is 1. The van der Waals surface area contributed by atoms with Gasteiger partial charge in [-0.15, -0.1) is 12.3 Å². The van der Waals surface area contributed by atoms with Gasteiger partial charge in [-0.1, -0.05) is 24.6 Å². The van der Waals surface area contributed by atoms with Crippen LogP contribution >= 0.6 is 11.6 Å². The van der Waals surface area contributed by atoms with Crippen LogP contribution in [0.4, 0.5) is 0 Å². The number of rotatable bonds is 8. The summed E-state index contributed by atoms with van der Waals surface area (Å²) in [6, 6.07) is 6.24. The summed E-state index contributed by atoms with van der Waals surface area (Å²) < 4.78 is 5.61. The second-order valence-electron chi connectivity index (χ2n) is 4.52. The monoisotopic (exact) mass is 279 g/mol. The van der Waals surface area contributed by atoms with Gasteiger partial charge in [0.1, 0.15) is 5.75 Å². The summed E-state index contributed by atoms with van der Waals surface area (Å²) in [6.45, 7) is 5.89. The molecule has 0 aliphatic carbocycles. The molecule has 104 valence electrons. The number of terminal acetylenes is 1. The highest BCUT2D eigenvalue weighted by Crippen LogP contribution is 2.28. The third-order valence-corrected chi connectivity index (χ3v) is 3.17. The Bertz CT molecular complexity index is 425. The summed E-state index contributed by atoms with van der Waals surface area (Å²) >= 11 is 6.23.